The largest absolute Gasteiger partial charge is 0.481 e. The number of fused-ring (bicyclic) bond motifs is 1. The molecule has 2 aromatic rings. The number of carbonyl (C=O) groups excluding carboxylic acids is 1. The summed E-state index contributed by atoms with van der Waals surface area (Å²) in [6, 6.07) is 8.93. The first-order valence-electron chi connectivity index (χ1n) is 7.15. The van der Waals surface area contributed by atoms with Crippen molar-refractivity contribution in [3.8, 4) is 0 Å². The molecule has 0 aliphatic carbocycles. The SMILES string of the molecule is CCc1cc(C(=O)N2Cc3ccccc3C(C(=O)O)C2)no1. The first-order chi connectivity index (χ1) is 10.6. The van der Waals surface area contributed by atoms with Crippen LogP contribution < -0.4 is 0 Å². The van der Waals surface area contributed by atoms with Crippen molar-refractivity contribution in [3.63, 3.8) is 0 Å². The summed E-state index contributed by atoms with van der Waals surface area (Å²) in [6.07, 6.45) is 0.654. The first kappa shape index (κ1) is 14.3. The number of carboxylic acids is 1. The van der Waals surface area contributed by atoms with Gasteiger partial charge in [0.2, 0.25) is 0 Å². The van der Waals surface area contributed by atoms with Crippen LogP contribution in [0.1, 0.15) is 40.2 Å². The maximum Gasteiger partial charge on any atom is 0.312 e. The van der Waals surface area contributed by atoms with Crippen LogP contribution in [0.15, 0.2) is 34.9 Å². The minimum absolute atomic E-state index is 0.138. The molecule has 0 saturated heterocycles. The monoisotopic (exact) mass is 300 g/mol. The fourth-order valence-electron chi connectivity index (χ4n) is 2.72. The summed E-state index contributed by atoms with van der Waals surface area (Å²) >= 11 is 0. The topological polar surface area (TPSA) is 83.6 Å². The minimum Gasteiger partial charge on any atom is -0.481 e. The number of hydrogen-bond donors (Lipinski definition) is 1. The van der Waals surface area contributed by atoms with E-state index in [9.17, 15) is 14.7 Å². The molecular formula is C16H16N2O4. The Morgan fingerprint density at radius 2 is 2.18 bits per heavy atom. The van der Waals surface area contributed by atoms with E-state index in [0.29, 0.717) is 18.7 Å². The van der Waals surface area contributed by atoms with Crippen LogP contribution in [0.3, 0.4) is 0 Å². The summed E-state index contributed by atoms with van der Waals surface area (Å²) in [4.78, 5) is 25.5. The van der Waals surface area contributed by atoms with Crippen molar-refractivity contribution in [2.75, 3.05) is 6.54 Å². The summed E-state index contributed by atoms with van der Waals surface area (Å²) in [5.41, 5.74) is 1.85. The van der Waals surface area contributed by atoms with Gasteiger partial charge >= 0.3 is 5.97 Å². The summed E-state index contributed by atoms with van der Waals surface area (Å²) in [5.74, 6) is -1.31. The molecule has 6 nitrogen and oxygen atoms in total. The van der Waals surface area contributed by atoms with E-state index in [1.807, 2.05) is 25.1 Å². The zero-order chi connectivity index (χ0) is 15.7. The standard InChI is InChI=1S/C16H16N2O4/c1-2-11-7-14(17-22-11)15(19)18-8-10-5-3-4-6-12(10)13(9-18)16(20)21/h3-7,13H,2,8-9H2,1H3,(H,20,21). The van der Waals surface area contributed by atoms with Crippen LogP contribution in [-0.2, 0) is 17.8 Å². The number of benzene rings is 1. The Kier molecular flexibility index (Phi) is 3.66. The van der Waals surface area contributed by atoms with Crippen molar-refractivity contribution in [1.82, 2.24) is 10.1 Å². The molecule has 0 radical (unpaired) electrons. The Morgan fingerprint density at radius 3 is 2.86 bits per heavy atom. The van der Waals surface area contributed by atoms with Gasteiger partial charge in [-0.15, -0.1) is 0 Å². The maximum absolute atomic E-state index is 12.5. The van der Waals surface area contributed by atoms with Crippen LogP contribution in [0, 0.1) is 0 Å². The highest BCUT2D eigenvalue weighted by atomic mass is 16.5. The van der Waals surface area contributed by atoms with Gasteiger partial charge in [-0.3, -0.25) is 9.59 Å². The van der Waals surface area contributed by atoms with Crippen LogP contribution in [0.25, 0.3) is 0 Å². The fraction of sp³-hybridized carbons (Fsp3) is 0.312. The number of carboxylic acid groups (broad SMARTS) is 1. The third kappa shape index (κ3) is 2.47. The Labute approximate surface area is 127 Å². The van der Waals surface area contributed by atoms with E-state index >= 15 is 0 Å². The van der Waals surface area contributed by atoms with Crippen LogP contribution >= 0.6 is 0 Å². The zero-order valence-electron chi connectivity index (χ0n) is 12.2. The normalized spacial score (nSPS) is 17.1. The summed E-state index contributed by atoms with van der Waals surface area (Å²) in [6.45, 7) is 2.43. The van der Waals surface area contributed by atoms with Crippen LogP contribution in [0.5, 0.6) is 0 Å². The van der Waals surface area contributed by atoms with E-state index in [0.717, 1.165) is 11.1 Å². The molecule has 1 amide bonds. The number of nitrogens with zero attached hydrogens (tertiary/aromatic N) is 2. The molecule has 6 heteroatoms. The van der Waals surface area contributed by atoms with Crippen molar-refractivity contribution in [2.24, 2.45) is 0 Å². The van der Waals surface area contributed by atoms with Crippen LogP contribution in [-0.4, -0.2) is 33.6 Å². The number of carbonyl (C=O) groups is 2. The van der Waals surface area contributed by atoms with Gasteiger partial charge in [-0.25, -0.2) is 0 Å². The lowest BCUT2D eigenvalue weighted by molar-refractivity contribution is -0.139. The van der Waals surface area contributed by atoms with E-state index in [1.54, 1.807) is 12.1 Å². The Bertz CT molecular complexity index is 722. The predicted octanol–water partition coefficient (Wildman–Crippen LogP) is 2.06. The summed E-state index contributed by atoms with van der Waals surface area (Å²) in [5, 5.41) is 13.2. The predicted molar refractivity (Wildman–Crippen MR) is 77.4 cm³/mol. The molecule has 1 aliphatic heterocycles. The molecule has 114 valence electrons. The van der Waals surface area contributed by atoms with Gasteiger partial charge in [0.05, 0.1) is 5.92 Å². The molecule has 2 heterocycles. The van der Waals surface area contributed by atoms with E-state index in [1.165, 1.54) is 4.90 Å². The zero-order valence-corrected chi connectivity index (χ0v) is 12.2. The number of aryl methyl sites for hydroxylation is 1. The molecule has 1 atom stereocenters. The average Bonchev–Trinajstić information content (AvgIpc) is 3.02. The highest BCUT2D eigenvalue weighted by Gasteiger charge is 2.33. The lowest BCUT2D eigenvalue weighted by Crippen LogP contribution is -2.40. The minimum atomic E-state index is -0.931. The highest BCUT2D eigenvalue weighted by Crippen LogP contribution is 2.29. The fourth-order valence-corrected chi connectivity index (χ4v) is 2.72. The summed E-state index contributed by atoms with van der Waals surface area (Å²) in [7, 11) is 0. The van der Waals surface area contributed by atoms with Gasteiger partial charge < -0.3 is 14.5 Å². The van der Waals surface area contributed by atoms with Crippen molar-refractivity contribution in [3.05, 3.63) is 52.9 Å². The average molecular weight is 300 g/mol. The third-order valence-electron chi connectivity index (χ3n) is 3.91. The van der Waals surface area contributed by atoms with Crippen LogP contribution in [0.2, 0.25) is 0 Å². The molecule has 1 aromatic heterocycles. The molecule has 22 heavy (non-hydrogen) atoms. The van der Waals surface area contributed by atoms with Gasteiger partial charge in [0.25, 0.3) is 5.91 Å². The molecule has 3 rings (SSSR count). The Morgan fingerprint density at radius 1 is 1.41 bits per heavy atom. The lowest BCUT2D eigenvalue weighted by Gasteiger charge is -2.32. The maximum atomic E-state index is 12.5. The molecule has 0 spiro atoms. The summed E-state index contributed by atoms with van der Waals surface area (Å²) < 4.78 is 5.06. The Hall–Kier alpha value is -2.63. The molecule has 0 saturated carbocycles. The third-order valence-corrected chi connectivity index (χ3v) is 3.91. The van der Waals surface area contributed by atoms with Crippen molar-refractivity contribution < 1.29 is 19.2 Å². The van der Waals surface area contributed by atoms with Crippen molar-refractivity contribution in [2.45, 2.75) is 25.8 Å². The van der Waals surface area contributed by atoms with E-state index in [-0.39, 0.29) is 18.1 Å². The molecule has 0 fully saturated rings. The van der Waals surface area contributed by atoms with Gasteiger partial charge in [0.15, 0.2) is 5.69 Å². The van der Waals surface area contributed by atoms with Gasteiger partial charge in [0, 0.05) is 25.6 Å². The number of aromatic nitrogens is 1. The van der Waals surface area contributed by atoms with Gasteiger partial charge in [-0.05, 0) is 11.1 Å². The molecular weight excluding hydrogens is 284 g/mol. The quantitative estimate of drug-likeness (QED) is 0.938. The molecule has 1 aliphatic rings. The van der Waals surface area contributed by atoms with Gasteiger partial charge in [-0.1, -0.05) is 36.3 Å². The van der Waals surface area contributed by atoms with E-state index in [2.05, 4.69) is 5.16 Å². The second-order valence-corrected chi connectivity index (χ2v) is 5.31. The molecule has 1 unspecified atom stereocenters. The number of hydrogen-bond acceptors (Lipinski definition) is 4. The van der Waals surface area contributed by atoms with Crippen LogP contribution in [0.4, 0.5) is 0 Å². The smallest absolute Gasteiger partial charge is 0.312 e. The highest BCUT2D eigenvalue weighted by molar-refractivity contribution is 5.93. The van der Waals surface area contributed by atoms with Crippen molar-refractivity contribution >= 4 is 11.9 Å². The van der Waals surface area contributed by atoms with Gasteiger partial charge in [-0.2, -0.15) is 0 Å². The second-order valence-electron chi connectivity index (χ2n) is 5.31. The Balaban J connectivity index is 1.90. The molecule has 1 N–H and O–H groups in total. The van der Waals surface area contributed by atoms with E-state index < -0.39 is 11.9 Å². The first-order valence-corrected chi connectivity index (χ1v) is 7.15. The number of amides is 1. The van der Waals surface area contributed by atoms with Gasteiger partial charge in [0.1, 0.15) is 5.76 Å². The molecule has 1 aromatic carbocycles. The van der Waals surface area contributed by atoms with Crippen molar-refractivity contribution in [1.29, 1.82) is 0 Å². The number of aliphatic carboxylic acids is 1. The molecule has 0 bridgehead atoms. The van der Waals surface area contributed by atoms with E-state index in [4.69, 9.17) is 4.52 Å². The second kappa shape index (κ2) is 5.63. The number of rotatable bonds is 3. The lowest BCUT2D eigenvalue weighted by atomic mass is 9.89.